The third-order valence-electron chi connectivity index (χ3n) is 11.8. The topological polar surface area (TPSA) is 95.9 Å². The quantitative estimate of drug-likeness (QED) is 0.0322. The summed E-state index contributed by atoms with van der Waals surface area (Å²) in [6, 6.07) is -0.639. The largest absolute Gasteiger partial charge is 0.466 e. The minimum atomic E-state index is -0.854. The van der Waals surface area contributed by atoms with Crippen molar-refractivity contribution in [2.45, 2.75) is 276 Å². The highest BCUT2D eigenvalue weighted by Crippen LogP contribution is 2.14. The monoisotopic (exact) mass is 856 g/mol. The first-order valence-corrected chi connectivity index (χ1v) is 26.4. The fourth-order valence-corrected chi connectivity index (χ4v) is 7.71. The van der Waals surface area contributed by atoms with E-state index in [-0.39, 0.29) is 18.5 Å². The van der Waals surface area contributed by atoms with Crippen LogP contribution in [-0.2, 0) is 14.3 Å². The van der Waals surface area contributed by atoms with Crippen LogP contribution in [0.15, 0.2) is 48.6 Å². The van der Waals surface area contributed by atoms with Gasteiger partial charge in [0.2, 0.25) is 5.91 Å². The molecule has 1 amide bonds. The van der Waals surface area contributed by atoms with E-state index in [1.807, 2.05) is 6.08 Å². The van der Waals surface area contributed by atoms with Gasteiger partial charge in [0.25, 0.3) is 0 Å². The Hall–Kier alpha value is -2.18. The van der Waals surface area contributed by atoms with Gasteiger partial charge in [0.05, 0.1) is 25.4 Å². The molecule has 61 heavy (non-hydrogen) atoms. The maximum atomic E-state index is 12.4. The summed E-state index contributed by atoms with van der Waals surface area (Å²) in [6.07, 6.45) is 62.6. The standard InChI is InChI=1S/C55H101NO5/c1-3-5-7-9-11-13-15-16-17-22-25-29-33-37-41-45-49-55(60)61-50-46-42-38-34-30-26-23-20-18-19-21-24-28-32-36-40-44-48-54(59)56-52(51-57)53(58)47-43-39-35-31-27-14-12-10-8-6-4-2/h17-18,20,22,26,30,43,47,52-53,57-58H,3-16,19,21,23-25,27-29,31-42,44-46,48-51H2,1-2H3,(H,56,59)/b20-18-,22-17-,30-26-,47-43+. The van der Waals surface area contributed by atoms with E-state index in [1.165, 1.54) is 154 Å². The molecule has 3 N–H and O–H groups in total. The number of nitrogens with one attached hydrogen (secondary N) is 1. The average Bonchev–Trinajstić information content (AvgIpc) is 3.26. The van der Waals surface area contributed by atoms with Crippen molar-refractivity contribution in [2.24, 2.45) is 0 Å². The molecule has 0 aliphatic carbocycles. The molecule has 356 valence electrons. The minimum Gasteiger partial charge on any atom is -0.466 e. The van der Waals surface area contributed by atoms with E-state index in [9.17, 15) is 19.8 Å². The summed E-state index contributed by atoms with van der Waals surface area (Å²) in [7, 11) is 0. The van der Waals surface area contributed by atoms with Crippen molar-refractivity contribution in [3.63, 3.8) is 0 Å². The summed E-state index contributed by atoms with van der Waals surface area (Å²) in [5, 5.41) is 23.0. The van der Waals surface area contributed by atoms with Crippen molar-refractivity contribution in [1.29, 1.82) is 0 Å². The van der Waals surface area contributed by atoms with Crippen LogP contribution in [0.25, 0.3) is 0 Å². The van der Waals surface area contributed by atoms with E-state index in [0.29, 0.717) is 19.4 Å². The lowest BCUT2D eigenvalue weighted by Gasteiger charge is -2.20. The Kier molecular flexibility index (Phi) is 48.7. The Morgan fingerprint density at radius 1 is 0.459 bits per heavy atom. The molecule has 0 radical (unpaired) electrons. The number of unbranched alkanes of at least 4 members (excludes halogenated alkanes) is 31. The molecule has 0 aliphatic rings. The van der Waals surface area contributed by atoms with Gasteiger partial charge in [-0.25, -0.2) is 0 Å². The smallest absolute Gasteiger partial charge is 0.305 e. The fraction of sp³-hybridized carbons (Fsp3) is 0.818. The lowest BCUT2D eigenvalue weighted by atomic mass is 10.1. The van der Waals surface area contributed by atoms with Gasteiger partial charge in [-0.15, -0.1) is 0 Å². The molecule has 0 rings (SSSR count). The number of rotatable bonds is 48. The van der Waals surface area contributed by atoms with Crippen LogP contribution in [-0.4, -0.2) is 47.4 Å². The van der Waals surface area contributed by atoms with E-state index < -0.39 is 12.1 Å². The number of ether oxygens (including phenoxy) is 1. The van der Waals surface area contributed by atoms with Crippen LogP contribution in [0, 0.1) is 0 Å². The summed E-state index contributed by atoms with van der Waals surface area (Å²) < 4.78 is 5.45. The summed E-state index contributed by atoms with van der Waals surface area (Å²) in [6.45, 7) is 4.83. The third-order valence-corrected chi connectivity index (χ3v) is 11.8. The second-order valence-corrected chi connectivity index (χ2v) is 17.8. The molecule has 0 saturated heterocycles. The lowest BCUT2D eigenvalue weighted by molar-refractivity contribution is -0.143. The van der Waals surface area contributed by atoms with E-state index in [0.717, 1.165) is 83.5 Å². The number of aliphatic hydroxyl groups is 2. The van der Waals surface area contributed by atoms with Gasteiger partial charge >= 0.3 is 5.97 Å². The third kappa shape index (κ3) is 47.1. The first kappa shape index (κ1) is 58.8. The second kappa shape index (κ2) is 50.5. The van der Waals surface area contributed by atoms with Crippen molar-refractivity contribution in [2.75, 3.05) is 13.2 Å². The zero-order valence-corrected chi connectivity index (χ0v) is 40.4. The molecule has 6 nitrogen and oxygen atoms in total. The predicted molar refractivity (Wildman–Crippen MR) is 264 cm³/mol. The fourth-order valence-electron chi connectivity index (χ4n) is 7.71. The normalized spacial score (nSPS) is 13.0. The molecule has 0 saturated carbocycles. The highest BCUT2D eigenvalue weighted by atomic mass is 16.5. The molecule has 0 aromatic rings. The van der Waals surface area contributed by atoms with Crippen LogP contribution in [0.1, 0.15) is 264 Å². The molecule has 6 heteroatoms. The van der Waals surface area contributed by atoms with Gasteiger partial charge in [-0.1, -0.05) is 204 Å². The lowest BCUT2D eigenvalue weighted by Crippen LogP contribution is -2.45. The molecular weight excluding hydrogens is 755 g/mol. The second-order valence-electron chi connectivity index (χ2n) is 17.8. The van der Waals surface area contributed by atoms with Gasteiger partial charge in [-0.05, 0) is 96.3 Å². The Bertz CT molecular complexity index is 1040. The van der Waals surface area contributed by atoms with Crippen LogP contribution in [0.3, 0.4) is 0 Å². The SMILES string of the molecule is CCCCCCCCC/C=C\CCCCCCCC(=O)OCCCCC/C=C\C/C=C\CCCCCCCCCC(=O)NC(CO)C(O)/C=C/CCCCCCCCCCC. The molecule has 0 spiro atoms. The number of amides is 1. The van der Waals surface area contributed by atoms with Crippen molar-refractivity contribution >= 4 is 11.9 Å². The number of carbonyl (C=O) groups excluding carboxylic acids is 2. The zero-order chi connectivity index (χ0) is 44.4. The molecule has 0 aliphatic heterocycles. The van der Waals surface area contributed by atoms with Gasteiger partial charge in [-0.3, -0.25) is 9.59 Å². The number of hydrogen-bond donors (Lipinski definition) is 3. The Labute approximate surface area is 378 Å². The highest BCUT2D eigenvalue weighted by molar-refractivity contribution is 5.76. The van der Waals surface area contributed by atoms with Gasteiger partial charge in [0, 0.05) is 12.8 Å². The van der Waals surface area contributed by atoms with E-state index in [4.69, 9.17) is 4.74 Å². The van der Waals surface area contributed by atoms with Crippen LogP contribution in [0.5, 0.6) is 0 Å². The van der Waals surface area contributed by atoms with Crippen molar-refractivity contribution in [1.82, 2.24) is 5.32 Å². The van der Waals surface area contributed by atoms with E-state index >= 15 is 0 Å². The molecule has 0 heterocycles. The first-order valence-electron chi connectivity index (χ1n) is 26.4. The van der Waals surface area contributed by atoms with Crippen molar-refractivity contribution in [3.8, 4) is 0 Å². The molecule has 2 unspecified atom stereocenters. The molecule has 0 fully saturated rings. The summed E-state index contributed by atoms with van der Waals surface area (Å²) in [5.41, 5.74) is 0. The number of aliphatic hydroxyl groups excluding tert-OH is 2. The maximum Gasteiger partial charge on any atom is 0.305 e. The summed E-state index contributed by atoms with van der Waals surface area (Å²) >= 11 is 0. The van der Waals surface area contributed by atoms with Crippen molar-refractivity contribution in [3.05, 3.63) is 48.6 Å². The molecule has 2 atom stereocenters. The molecule has 0 aromatic carbocycles. The van der Waals surface area contributed by atoms with Crippen molar-refractivity contribution < 1.29 is 24.5 Å². The van der Waals surface area contributed by atoms with Gasteiger partial charge in [-0.2, -0.15) is 0 Å². The molecule has 0 aromatic heterocycles. The summed E-state index contributed by atoms with van der Waals surface area (Å²) in [4.78, 5) is 24.4. The highest BCUT2D eigenvalue weighted by Gasteiger charge is 2.18. The Balaban J connectivity index is 3.52. The Morgan fingerprint density at radius 2 is 0.820 bits per heavy atom. The van der Waals surface area contributed by atoms with E-state index in [1.54, 1.807) is 6.08 Å². The number of carbonyl (C=O) groups is 2. The van der Waals surface area contributed by atoms with Gasteiger partial charge in [0.15, 0.2) is 0 Å². The predicted octanol–water partition coefficient (Wildman–Crippen LogP) is 15.8. The van der Waals surface area contributed by atoms with E-state index in [2.05, 4.69) is 55.6 Å². The number of allylic oxidation sites excluding steroid dienone is 7. The zero-order valence-electron chi connectivity index (χ0n) is 40.4. The maximum absolute atomic E-state index is 12.4. The number of hydrogen-bond acceptors (Lipinski definition) is 5. The number of esters is 1. The first-order chi connectivity index (χ1) is 30.0. The average molecular weight is 856 g/mol. The van der Waals surface area contributed by atoms with Gasteiger partial charge in [0.1, 0.15) is 0 Å². The molecule has 0 bridgehead atoms. The van der Waals surface area contributed by atoms with Crippen LogP contribution >= 0.6 is 0 Å². The van der Waals surface area contributed by atoms with Gasteiger partial charge < -0.3 is 20.3 Å². The minimum absolute atomic E-state index is 0.0248. The van der Waals surface area contributed by atoms with Crippen LogP contribution < -0.4 is 5.32 Å². The van der Waals surface area contributed by atoms with Crippen LogP contribution in [0.4, 0.5) is 0 Å². The Morgan fingerprint density at radius 3 is 1.26 bits per heavy atom. The van der Waals surface area contributed by atoms with Crippen LogP contribution in [0.2, 0.25) is 0 Å². The summed E-state index contributed by atoms with van der Waals surface area (Å²) in [5.74, 6) is -0.112. The molecular formula is C55H101NO5.